The van der Waals surface area contributed by atoms with Gasteiger partial charge in [-0.25, -0.2) is 4.99 Å². The van der Waals surface area contributed by atoms with E-state index in [1.54, 1.807) is 0 Å². The maximum atomic E-state index is 6.02. The van der Waals surface area contributed by atoms with Crippen LogP contribution in [0.3, 0.4) is 0 Å². The van der Waals surface area contributed by atoms with Crippen molar-refractivity contribution in [3.63, 3.8) is 0 Å². The van der Waals surface area contributed by atoms with Gasteiger partial charge >= 0.3 is 0 Å². The molecule has 0 atom stereocenters. The third-order valence-corrected chi connectivity index (χ3v) is 5.45. The van der Waals surface area contributed by atoms with Gasteiger partial charge in [0.15, 0.2) is 5.96 Å². The number of furan rings is 1. The van der Waals surface area contributed by atoms with Crippen LogP contribution >= 0.6 is 0 Å². The highest BCUT2D eigenvalue weighted by Gasteiger charge is 2.14. The lowest BCUT2D eigenvalue weighted by Gasteiger charge is -2.30. The molecular weight excluding hydrogens is 376 g/mol. The summed E-state index contributed by atoms with van der Waals surface area (Å²) in [6.07, 6.45) is 0. The number of aryl methyl sites for hydroxylation is 1. The Morgan fingerprint density at radius 1 is 1.03 bits per heavy atom. The van der Waals surface area contributed by atoms with Gasteiger partial charge in [-0.05, 0) is 31.5 Å². The first kappa shape index (κ1) is 20.3. The number of anilines is 1. The van der Waals surface area contributed by atoms with Crippen LogP contribution in [-0.4, -0.2) is 38.8 Å². The molecule has 1 aliphatic rings. The maximum absolute atomic E-state index is 6.02. The molecule has 0 bridgehead atoms. The Morgan fingerprint density at radius 3 is 2.60 bits per heavy atom. The van der Waals surface area contributed by atoms with Crippen LogP contribution in [0.1, 0.15) is 23.8 Å². The maximum Gasteiger partial charge on any atom is 0.191 e. The highest BCUT2D eigenvalue weighted by molar-refractivity contribution is 5.83. The molecule has 3 aromatic rings. The predicted molar refractivity (Wildman–Crippen MR) is 122 cm³/mol. The summed E-state index contributed by atoms with van der Waals surface area (Å²) in [6.45, 7) is 9.58. The fourth-order valence-corrected chi connectivity index (χ4v) is 3.82. The van der Waals surface area contributed by atoms with Gasteiger partial charge < -0.3 is 24.7 Å². The van der Waals surface area contributed by atoms with E-state index in [-0.39, 0.29) is 0 Å². The summed E-state index contributed by atoms with van der Waals surface area (Å²) in [5, 5.41) is 7.92. The summed E-state index contributed by atoms with van der Waals surface area (Å²) in [4.78, 5) is 7.21. The summed E-state index contributed by atoms with van der Waals surface area (Å²) in [5.74, 6) is 1.73. The Kier molecular flexibility index (Phi) is 6.54. The summed E-state index contributed by atoms with van der Waals surface area (Å²) in [6, 6.07) is 16.6. The average Bonchev–Trinajstić information content (AvgIpc) is 3.12. The smallest absolute Gasteiger partial charge is 0.191 e. The van der Waals surface area contributed by atoms with Gasteiger partial charge in [0.1, 0.15) is 11.3 Å². The second-order valence-corrected chi connectivity index (χ2v) is 7.42. The van der Waals surface area contributed by atoms with Crippen molar-refractivity contribution in [2.75, 3.05) is 37.7 Å². The monoisotopic (exact) mass is 406 g/mol. The first-order valence-electron chi connectivity index (χ1n) is 10.7. The van der Waals surface area contributed by atoms with Crippen molar-refractivity contribution in [2.45, 2.75) is 26.9 Å². The highest BCUT2D eigenvalue weighted by atomic mass is 16.5. The first-order valence-corrected chi connectivity index (χ1v) is 10.7. The molecule has 0 amide bonds. The van der Waals surface area contributed by atoms with Gasteiger partial charge in [0.2, 0.25) is 0 Å². The molecule has 0 radical (unpaired) electrons. The summed E-state index contributed by atoms with van der Waals surface area (Å²) in [5.41, 5.74) is 4.56. The molecule has 6 nitrogen and oxygen atoms in total. The second kappa shape index (κ2) is 9.67. The van der Waals surface area contributed by atoms with Gasteiger partial charge in [-0.15, -0.1) is 0 Å². The second-order valence-electron chi connectivity index (χ2n) is 7.42. The molecule has 0 aliphatic carbocycles. The number of para-hydroxylation sites is 2. The molecular formula is C24H30N4O2. The Balaban J connectivity index is 1.47. The minimum atomic E-state index is 0.595. The van der Waals surface area contributed by atoms with Crippen LogP contribution in [0.15, 0.2) is 57.9 Å². The average molecular weight is 407 g/mol. The Bertz CT molecular complexity index is 1010. The third-order valence-electron chi connectivity index (χ3n) is 5.45. The minimum Gasteiger partial charge on any atom is -0.459 e. The number of guanidine groups is 1. The molecule has 0 spiro atoms. The van der Waals surface area contributed by atoms with Crippen molar-refractivity contribution >= 4 is 22.6 Å². The van der Waals surface area contributed by atoms with Gasteiger partial charge in [-0.3, -0.25) is 0 Å². The number of nitrogens with zero attached hydrogens (tertiary/aromatic N) is 2. The molecule has 1 fully saturated rings. The van der Waals surface area contributed by atoms with Crippen molar-refractivity contribution in [3.8, 4) is 0 Å². The standard InChI is InChI=1S/C24H30N4O2/c1-3-25-24(27-17-23-18(2)20-9-5-7-11-22(20)30-23)26-16-19-8-4-6-10-21(19)28-12-14-29-15-13-28/h4-11H,3,12-17H2,1-2H3,(H2,25,26,27). The fourth-order valence-electron chi connectivity index (χ4n) is 3.82. The van der Waals surface area contributed by atoms with Crippen LogP contribution < -0.4 is 15.5 Å². The number of ether oxygens (including phenoxy) is 1. The predicted octanol–water partition coefficient (Wildman–Crippen LogP) is 3.83. The van der Waals surface area contributed by atoms with E-state index in [0.717, 1.165) is 55.5 Å². The number of fused-ring (bicyclic) bond motifs is 1. The molecule has 4 rings (SSSR count). The lowest BCUT2D eigenvalue weighted by Crippen LogP contribution is -2.37. The zero-order valence-corrected chi connectivity index (χ0v) is 17.8. The summed E-state index contributed by atoms with van der Waals surface area (Å²) < 4.78 is 11.5. The number of morpholine rings is 1. The third kappa shape index (κ3) is 4.60. The Morgan fingerprint density at radius 2 is 1.80 bits per heavy atom. The molecule has 6 heteroatoms. The fraction of sp³-hybridized carbons (Fsp3) is 0.375. The zero-order chi connectivity index (χ0) is 20.8. The zero-order valence-electron chi connectivity index (χ0n) is 17.8. The van der Waals surface area contributed by atoms with Crippen molar-refractivity contribution in [1.82, 2.24) is 10.6 Å². The van der Waals surface area contributed by atoms with E-state index in [4.69, 9.17) is 14.1 Å². The number of rotatable bonds is 6. The van der Waals surface area contributed by atoms with Gasteiger partial charge in [0.25, 0.3) is 0 Å². The molecule has 2 N–H and O–H groups in total. The van der Waals surface area contributed by atoms with Gasteiger partial charge in [-0.2, -0.15) is 0 Å². The molecule has 2 aromatic carbocycles. The minimum absolute atomic E-state index is 0.595. The van der Waals surface area contributed by atoms with E-state index in [1.807, 2.05) is 18.2 Å². The van der Waals surface area contributed by atoms with Crippen molar-refractivity contribution in [1.29, 1.82) is 0 Å². The highest BCUT2D eigenvalue weighted by Crippen LogP contribution is 2.25. The van der Waals surface area contributed by atoms with Gasteiger partial charge in [0, 0.05) is 36.3 Å². The van der Waals surface area contributed by atoms with Crippen LogP contribution in [0.4, 0.5) is 5.69 Å². The molecule has 2 heterocycles. The quantitative estimate of drug-likeness (QED) is 0.481. The molecule has 1 aliphatic heterocycles. The van der Waals surface area contributed by atoms with Crippen LogP contribution in [0.5, 0.6) is 0 Å². The molecule has 0 unspecified atom stereocenters. The van der Waals surface area contributed by atoms with E-state index >= 15 is 0 Å². The molecule has 1 saturated heterocycles. The van der Waals surface area contributed by atoms with Gasteiger partial charge in [-0.1, -0.05) is 36.4 Å². The molecule has 158 valence electrons. The van der Waals surface area contributed by atoms with Crippen LogP contribution in [-0.2, 0) is 17.8 Å². The number of hydrogen-bond acceptors (Lipinski definition) is 4. The Labute approximate surface area is 177 Å². The van der Waals surface area contributed by atoms with Crippen LogP contribution in [0.2, 0.25) is 0 Å². The first-order chi connectivity index (χ1) is 14.8. The van der Waals surface area contributed by atoms with E-state index in [1.165, 1.54) is 16.8 Å². The number of hydrogen-bond donors (Lipinski definition) is 2. The van der Waals surface area contributed by atoms with Crippen molar-refractivity contribution < 1.29 is 9.15 Å². The number of benzene rings is 2. The molecule has 30 heavy (non-hydrogen) atoms. The normalized spacial score (nSPS) is 14.9. The van der Waals surface area contributed by atoms with Crippen LogP contribution in [0, 0.1) is 6.92 Å². The van der Waals surface area contributed by atoms with E-state index in [0.29, 0.717) is 13.1 Å². The largest absolute Gasteiger partial charge is 0.459 e. The molecule has 0 saturated carbocycles. The summed E-state index contributed by atoms with van der Waals surface area (Å²) in [7, 11) is 0. The van der Waals surface area contributed by atoms with Gasteiger partial charge in [0.05, 0.1) is 26.3 Å². The van der Waals surface area contributed by atoms with E-state index in [2.05, 4.69) is 59.7 Å². The van der Waals surface area contributed by atoms with E-state index < -0.39 is 0 Å². The molecule has 1 aromatic heterocycles. The van der Waals surface area contributed by atoms with Crippen molar-refractivity contribution in [3.05, 3.63) is 65.4 Å². The van der Waals surface area contributed by atoms with E-state index in [9.17, 15) is 0 Å². The van der Waals surface area contributed by atoms with Crippen molar-refractivity contribution in [2.24, 2.45) is 4.99 Å². The summed E-state index contributed by atoms with van der Waals surface area (Å²) >= 11 is 0. The Hall–Kier alpha value is -2.99. The number of nitrogens with one attached hydrogen (secondary N) is 2. The number of aliphatic imine (C=N–C) groups is 1. The lowest BCUT2D eigenvalue weighted by atomic mass is 10.1. The van der Waals surface area contributed by atoms with Crippen LogP contribution in [0.25, 0.3) is 11.0 Å². The lowest BCUT2D eigenvalue weighted by molar-refractivity contribution is 0.122. The topological polar surface area (TPSA) is 62.0 Å². The SMILES string of the molecule is CCNC(=NCc1ccccc1N1CCOCC1)NCc1oc2ccccc2c1C.